The molecule has 1 fully saturated rings. The third-order valence-corrected chi connectivity index (χ3v) is 6.92. The molecule has 0 unspecified atom stereocenters. The second-order valence-corrected chi connectivity index (χ2v) is 8.41. The molecule has 2 aromatic rings. The minimum Gasteiger partial charge on any atom is -0.339 e. The molecule has 4 nitrogen and oxygen atoms in total. The number of nitrogens with zero attached hydrogens (tertiary/aromatic N) is 2. The molecule has 2 heterocycles. The van der Waals surface area contributed by atoms with Crippen molar-refractivity contribution >= 4 is 34.9 Å². The second-order valence-electron chi connectivity index (χ2n) is 6.17. The summed E-state index contributed by atoms with van der Waals surface area (Å²) in [5.74, 6) is -0.239. The number of thiophene rings is 1. The number of amides is 2. The van der Waals surface area contributed by atoms with E-state index in [1.54, 1.807) is 41.9 Å². The van der Waals surface area contributed by atoms with Crippen LogP contribution in [0.3, 0.4) is 0 Å². The normalized spacial score (nSPS) is 19.8. The van der Waals surface area contributed by atoms with Crippen molar-refractivity contribution < 1.29 is 14.0 Å². The number of carbonyl (C=O) groups excluding carboxylic acids is 2. The molecule has 2 amide bonds. The number of halogens is 1. The molecule has 1 aromatic heterocycles. The molecule has 0 radical (unpaired) electrons. The van der Waals surface area contributed by atoms with Crippen molar-refractivity contribution in [3.05, 3.63) is 58.0 Å². The Hall–Kier alpha value is -1.86. The van der Waals surface area contributed by atoms with Crippen LogP contribution in [0.25, 0.3) is 0 Å². The van der Waals surface area contributed by atoms with Crippen molar-refractivity contribution in [2.24, 2.45) is 0 Å². The molecule has 1 aromatic carbocycles. The number of thioether (sulfide) groups is 1. The van der Waals surface area contributed by atoms with Crippen LogP contribution in [0, 0.1) is 5.82 Å². The molecule has 1 saturated heterocycles. The van der Waals surface area contributed by atoms with Gasteiger partial charge in [0, 0.05) is 20.1 Å². The van der Waals surface area contributed by atoms with Crippen LogP contribution in [0.2, 0.25) is 0 Å². The lowest BCUT2D eigenvalue weighted by Gasteiger charge is -2.26. The van der Waals surface area contributed by atoms with Gasteiger partial charge in [0.15, 0.2) is 0 Å². The highest BCUT2D eigenvalue weighted by molar-refractivity contribution is 8.01. The summed E-state index contributed by atoms with van der Waals surface area (Å²) in [5.41, 5.74) is 0.910. The molecule has 0 spiro atoms. The highest BCUT2D eigenvalue weighted by Crippen LogP contribution is 2.43. The van der Waals surface area contributed by atoms with E-state index in [1.807, 2.05) is 23.3 Å². The Bertz CT molecular complexity index is 764. The summed E-state index contributed by atoms with van der Waals surface area (Å²) in [4.78, 5) is 29.3. The highest BCUT2D eigenvalue weighted by Gasteiger charge is 2.39. The zero-order valence-corrected chi connectivity index (χ0v) is 16.4. The number of likely N-dealkylation sites (N-methyl/N-ethyl adjacent to an activating group) is 1. The fraction of sp³-hybridized carbons (Fsp3) is 0.368. The van der Waals surface area contributed by atoms with Gasteiger partial charge < -0.3 is 9.80 Å². The van der Waals surface area contributed by atoms with Crippen LogP contribution >= 0.6 is 23.1 Å². The van der Waals surface area contributed by atoms with Gasteiger partial charge in [-0.05, 0) is 35.6 Å². The first kappa shape index (κ1) is 18.9. The molecule has 0 N–H and O–H groups in total. The smallest absolute Gasteiger partial charge is 0.263 e. The number of carbonyl (C=O) groups is 2. The molecule has 1 aliphatic rings. The quantitative estimate of drug-likeness (QED) is 0.746. The van der Waals surface area contributed by atoms with Crippen LogP contribution in [0.4, 0.5) is 4.39 Å². The third kappa shape index (κ3) is 3.94. The van der Waals surface area contributed by atoms with E-state index < -0.39 is 0 Å². The number of hydrogen-bond acceptors (Lipinski definition) is 4. The van der Waals surface area contributed by atoms with Crippen molar-refractivity contribution in [3.63, 3.8) is 0 Å². The second kappa shape index (κ2) is 8.22. The summed E-state index contributed by atoms with van der Waals surface area (Å²) in [7, 11) is 1.75. The molecule has 3 rings (SSSR count). The average molecular weight is 393 g/mol. The van der Waals surface area contributed by atoms with Gasteiger partial charge in [0.1, 0.15) is 11.2 Å². The monoisotopic (exact) mass is 392 g/mol. The first-order valence-electron chi connectivity index (χ1n) is 8.51. The predicted molar refractivity (Wildman–Crippen MR) is 104 cm³/mol. The maximum absolute atomic E-state index is 13.2. The lowest BCUT2D eigenvalue weighted by Crippen LogP contribution is -2.39. The van der Waals surface area contributed by atoms with Gasteiger partial charge in [0.05, 0.1) is 10.1 Å². The molecule has 0 aliphatic carbocycles. The molecule has 1 aliphatic heterocycles. The van der Waals surface area contributed by atoms with E-state index in [1.165, 1.54) is 23.5 Å². The standard InChI is InChI=1S/C19H21FN2O2S2/c1-3-15-18(24)22(19(26-15)13-6-8-14(20)9-7-13)11-10-21(2)17(23)16-5-4-12-25-16/h4-9,12,15,19H,3,10-11H2,1-2H3/t15-,19-/m0/s1. The summed E-state index contributed by atoms with van der Waals surface area (Å²) in [5, 5.41) is 1.64. The molecule has 2 atom stereocenters. The zero-order valence-electron chi connectivity index (χ0n) is 14.7. The Balaban J connectivity index is 1.71. The van der Waals surface area contributed by atoms with Gasteiger partial charge in [-0.3, -0.25) is 9.59 Å². The van der Waals surface area contributed by atoms with Gasteiger partial charge in [0.2, 0.25) is 5.91 Å². The van der Waals surface area contributed by atoms with Gasteiger partial charge >= 0.3 is 0 Å². The SMILES string of the molecule is CC[C@@H]1S[C@@H](c2ccc(F)cc2)N(CCN(C)C(=O)c2cccs2)C1=O. The fourth-order valence-corrected chi connectivity index (χ4v) is 5.06. The topological polar surface area (TPSA) is 40.6 Å². The van der Waals surface area contributed by atoms with Crippen LogP contribution in [0.15, 0.2) is 41.8 Å². The van der Waals surface area contributed by atoms with Crippen molar-refractivity contribution in [3.8, 4) is 0 Å². The van der Waals surface area contributed by atoms with Crippen molar-refractivity contribution in [1.82, 2.24) is 9.80 Å². The Kier molecular flexibility index (Phi) is 5.98. The van der Waals surface area contributed by atoms with Gasteiger partial charge in [-0.1, -0.05) is 25.1 Å². The lowest BCUT2D eigenvalue weighted by atomic mass is 10.2. The van der Waals surface area contributed by atoms with Crippen molar-refractivity contribution in [2.75, 3.05) is 20.1 Å². The molecule has 0 bridgehead atoms. The largest absolute Gasteiger partial charge is 0.339 e. The van der Waals surface area contributed by atoms with E-state index in [-0.39, 0.29) is 28.3 Å². The Labute approximate surface area is 161 Å². The molecule has 138 valence electrons. The number of hydrogen-bond donors (Lipinski definition) is 0. The molecule has 7 heteroatoms. The summed E-state index contributed by atoms with van der Waals surface area (Å²) in [6, 6.07) is 9.95. The minimum atomic E-state index is -0.289. The van der Waals surface area contributed by atoms with Crippen molar-refractivity contribution in [1.29, 1.82) is 0 Å². The maximum Gasteiger partial charge on any atom is 0.263 e. The lowest BCUT2D eigenvalue weighted by molar-refractivity contribution is -0.130. The van der Waals surface area contributed by atoms with Gasteiger partial charge in [-0.2, -0.15) is 0 Å². The predicted octanol–water partition coefficient (Wildman–Crippen LogP) is 4.01. The average Bonchev–Trinajstić information content (AvgIpc) is 3.28. The number of rotatable bonds is 6. The molecule has 0 saturated carbocycles. The zero-order chi connectivity index (χ0) is 18.7. The van der Waals surface area contributed by atoms with E-state index in [4.69, 9.17) is 0 Å². The first-order valence-corrected chi connectivity index (χ1v) is 10.3. The van der Waals surface area contributed by atoms with Crippen LogP contribution < -0.4 is 0 Å². The Morgan fingerprint density at radius 1 is 1.27 bits per heavy atom. The highest BCUT2D eigenvalue weighted by atomic mass is 32.2. The molecular weight excluding hydrogens is 371 g/mol. The van der Waals surface area contributed by atoms with E-state index in [0.717, 1.165) is 12.0 Å². The fourth-order valence-electron chi connectivity index (χ4n) is 2.92. The summed E-state index contributed by atoms with van der Waals surface area (Å²) in [6.07, 6.45) is 0.752. The van der Waals surface area contributed by atoms with Crippen LogP contribution in [0.1, 0.15) is 34.0 Å². The van der Waals surface area contributed by atoms with Crippen LogP contribution in [-0.2, 0) is 4.79 Å². The van der Waals surface area contributed by atoms with Gasteiger partial charge in [-0.15, -0.1) is 23.1 Å². The van der Waals surface area contributed by atoms with E-state index in [2.05, 4.69) is 0 Å². The Morgan fingerprint density at radius 2 is 2.00 bits per heavy atom. The van der Waals surface area contributed by atoms with Gasteiger partial charge in [-0.25, -0.2) is 4.39 Å². The van der Waals surface area contributed by atoms with Crippen LogP contribution in [0.5, 0.6) is 0 Å². The summed E-state index contributed by atoms with van der Waals surface area (Å²) >= 11 is 3.01. The summed E-state index contributed by atoms with van der Waals surface area (Å²) in [6.45, 7) is 2.91. The maximum atomic E-state index is 13.2. The van der Waals surface area contributed by atoms with E-state index in [0.29, 0.717) is 18.0 Å². The summed E-state index contributed by atoms with van der Waals surface area (Å²) < 4.78 is 13.2. The van der Waals surface area contributed by atoms with Crippen molar-refractivity contribution in [2.45, 2.75) is 24.0 Å². The van der Waals surface area contributed by atoms with E-state index in [9.17, 15) is 14.0 Å². The molecular formula is C19H21FN2O2S2. The third-order valence-electron chi connectivity index (χ3n) is 4.42. The van der Waals surface area contributed by atoms with Crippen LogP contribution in [-0.4, -0.2) is 47.0 Å². The number of benzene rings is 1. The van der Waals surface area contributed by atoms with E-state index >= 15 is 0 Å². The minimum absolute atomic E-state index is 0.0373. The first-order chi connectivity index (χ1) is 12.5. The Morgan fingerprint density at radius 3 is 2.62 bits per heavy atom. The molecule has 26 heavy (non-hydrogen) atoms. The van der Waals surface area contributed by atoms with Gasteiger partial charge in [0.25, 0.3) is 5.91 Å².